The topological polar surface area (TPSA) is 76.7 Å². The molecule has 2 rings (SSSR count). The molecule has 0 aliphatic carbocycles. The van der Waals surface area contributed by atoms with Gasteiger partial charge < -0.3 is 9.47 Å². The van der Waals surface area contributed by atoms with Gasteiger partial charge >= 0.3 is 6.09 Å². The second kappa shape index (κ2) is 8.57. The van der Waals surface area contributed by atoms with Gasteiger partial charge in [-0.05, 0) is 42.7 Å². The first-order valence-electron chi connectivity index (χ1n) is 7.49. The molecule has 2 N–H and O–H groups in total. The predicted octanol–water partition coefficient (Wildman–Crippen LogP) is 2.64. The van der Waals surface area contributed by atoms with E-state index in [9.17, 15) is 9.59 Å². The number of amides is 2. The lowest BCUT2D eigenvalue weighted by molar-refractivity contribution is -0.124. The van der Waals surface area contributed by atoms with Gasteiger partial charge in [0.05, 0.1) is 0 Å². The lowest BCUT2D eigenvalue weighted by Gasteiger charge is -2.10. The highest BCUT2D eigenvalue weighted by Gasteiger charge is 2.07. The number of rotatable bonds is 5. The molecule has 0 saturated carbocycles. The fraction of sp³-hybridized carbons (Fsp3) is 0.222. The molecule has 2 aromatic rings. The molecule has 0 fully saturated rings. The summed E-state index contributed by atoms with van der Waals surface area (Å²) in [6.45, 7) is 3.82. The molecule has 0 saturated heterocycles. The molecule has 0 spiro atoms. The molecule has 126 valence electrons. The minimum absolute atomic E-state index is 0.127. The van der Waals surface area contributed by atoms with Crippen molar-refractivity contribution in [1.29, 1.82) is 0 Å². The van der Waals surface area contributed by atoms with E-state index in [-0.39, 0.29) is 13.2 Å². The van der Waals surface area contributed by atoms with Gasteiger partial charge in [-0.2, -0.15) is 0 Å². The summed E-state index contributed by atoms with van der Waals surface area (Å²) in [5.41, 5.74) is 7.36. The van der Waals surface area contributed by atoms with Gasteiger partial charge in [0.25, 0.3) is 5.91 Å². The van der Waals surface area contributed by atoms with Crippen LogP contribution in [-0.2, 0) is 16.1 Å². The maximum atomic E-state index is 11.7. The standard InChI is InChI=1S/C18H20N2O4/c1-13-8-14(2)10-16(9-13)23-12-17(21)19-20-18(22)24-11-15-6-4-3-5-7-15/h3-10H,11-12H2,1-2H3,(H,19,21)(H,20,22). The average Bonchev–Trinajstić information content (AvgIpc) is 2.56. The number of hydrogen-bond acceptors (Lipinski definition) is 4. The van der Waals surface area contributed by atoms with E-state index in [0.717, 1.165) is 16.7 Å². The Kier molecular flexibility index (Phi) is 6.19. The molecule has 0 radical (unpaired) electrons. The Labute approximate surface area is 140 Å². The lowest BCUT2D eigenvalue weighted by atomic mass is 10.1. The number of benzene rings is 2. The highest BCUT2D eigenvalue weighted by Crippen LogP contribution is 2.15. The summed E-state index contributed by atoms with van der Waals surface area (Å²) in [6, 6.07) is 14.9. The molecular formula is C18H20N2O4. The number of nitrogens with one attached hydrogen (secondary N) is 2. The minimum Gasteiger partial charge on any atom is -0.484 e. The molecule has 6 nitrogen and oxygen atoms in total. The zero-order valence-electron chi connectivity index (χ0n) is 13.7. The second-order valence-electron chi connectivity index (χ2n) is 5.35. The van der Waals surface area contributed by atoms with Gasteiger partial charge in [-0.1, -0.05) is 36.4 Å². The Morgan fingerprint density at radius 2 is 1.62 bits per heavy atom. The third-order valence-electron chi connectivity index (χ3n) is 3.08. The SMILES string of the molecule is Cc1cc(C)cc(OCC(=O)NNC(=O)OCc2ccccc2)c1. The van der Waals surface area contributed by atoms with E-state index in [0.29, 0.717) is 5.75 Å². The van der Waals surface area contributed by atoms with Gasteiger partial charge in [0, 0.05) is 0 Å². The Morgan fingerprint density at radius 3 is 2.29 bits per heavy atom. The number of carbonyl (C=O) groups excluding carboxylic acids is 2. The Hall–Kier alpha value is -3.02. The van der Waals surface area contributed by atoms with Crippen LogP contribution in [0.25, 0.3) is 0 Å². The van der Waals surface area contributed by atoms with E-state index in [1.165, 1.54) is 0 Å². The minimum atomic E-state index is -0.737. The van der Waals surface area contributed by atoms with Crippen LogP contribution in [0.2, 0.25) is 0 Å². The summed E-state index contributed by atoms with van der Waals surface area (Å²) >= 11 is 0. The summed E-state index contributed by atoms with van der Waals surface area (Å²) in [4.78, 5) is 23.2. The monoisotopic (exact) mass is 328 g/mol. The van der Waals surface area contributed by atoms with Crippen molar-refractivity contribution in [3.05, 3.63) is 65.2 Å². The molecule has 0 aromatic heterocycles. The summed E-state index contributed by atoms with van der Waals surface area (Å²) in [6.07, 6.45) is -0.737. The fourth-order valence-electron chi connectivity index (χ4n) is 2.08. The summed E-state index contributed by atoms with van der Waals surface area (Å²) in [7, 11) is 0. The highest BCUT2D eigenvalue weighted by atomic mass is 16.6. The molecule has 0 bridgehead atoms. The molecule has 2 aromatic carbocycles. The van der Waals surface area contributed by atoms with Crippen molar-refractivity contribution in [2.75, 3.05) is 6.61 Å². The van der Waals surface area contributed by atoms with E-state index < -0.39 is 12.0 Å². The molecule has 0 aliphatic heterocycles. The fourth-order valence-corrected chi connectivity index (χ4v) is 2.08. The van der Waals surface area contributed by atoms with Gasteiger partial charge in [0.2, 0.25) is 0 Å². The molecule has 2 amide bonds. The molecule has 0 unspecified atom stereocenters. The van der Waals surface area contributed by atoms with Crippen LogP contribution >= 0.6 is 0 Å². The van der Waals surface area contributed by atoms with E-state index in [1.54, 1.807) is 0 Å². The number of hydrogen-bond donors (Lipinski definition) is 2. The van der Waals surface area contributed by atoms with Crippen LogP contribution in [0.1, 0.15) is 16.7 Å². The lowest BCUT2D eigenvalue weighted by Crippen LogP contribution is -2.44. The third kappa shape index (κ3) is 6.00. The summed E-state index contributed by atoms with van der Waals surface area (Å²) < 4.78 is 10.4. The quantitative estimate of drug-likeness (QED) is 0.827. The van der Waals surface area contributed by atoms with Crippen LogP contribution in [0.15, 0.2) is 48.5 Å². The zero-order valence-corrected chi connectivity index (χ0v) is 13.7. The van der Waals surface area contributed by atoms with Crippen LogP contribution < -0.4 is 15.6 Å². The van der Waals surface area contributed by atoms with Crippen LogP contribution in [0.3, 0.4) is 0 Å². The van der Waals surface area contributed by atoms with Gasteiger partial charge in [-0.3, -0.25) is 10.2 Å². The van der Waals surface area contributed by atoms with Crippen molar-refractivity contribution in [3.63, 3.8) is 0 Å². The smallest absolute Gasteiger partial charge is 0.426 e. The van der Waals surface area contributed by atoms with Gasteiger partial charge in [0.15, 0.2) is 6.61 Å². The van der Waals surface area contributed by atoms with E-state index in [1.807, 2.05) is 62.4 Å². The Balaban J connectivity index is 1.68. The van der Waals surface area contributed by atoms with Gasteiger partial charge in [0.1, 0.15) is 12.4 Å². The molecule has 0 heterocycles. The van der Waals surface area contributed by atoms with Crippen LogP contribution in [0.4, 0.5) is 4.79 Å². The maximum Gasteiger partial charge on any atom is 0.426 e. The van der Waals surface area contributed by atoms with Crippen molar-refractivity contribution in [2.24, 2.45) is 0 Å². The first-order chi connectivity index (χ1) is 11.5. The van der Waals surface area contributed by atoms with Crippen LogP contribution in [0.5, 0.6) is 5.75 Å². The van der Waals surface area contributed by atoms with Crippen molar-refractivity contribution in [1.82, 2.24) is 10.9 Å². The number of ether oxygens (including phenoxy) is 2. The van der Waals surface area contributed by atoms with E-state index >= 15 is 0 Å². The molecule has 24 heavy (non-hydrogen) atoms. The molecule has 0 atom stereocenters. The van der Waals surface area contributed by atoms with Crippen LogP contribution in [0, 0.1) is 13.8 Å². The van der Waals surface area contributed by atoms with Crippen molar-refractivity contribution < 1.29 is 19.1 Å². The van der Waals surface area contributed by atoms with Crippen LogP contribution in [-0.4, -0.2) is 18.6 Å². The molecule has 6 heteroatoms. The summed E-state index contributed by atoms with van der Waals surface area (Å²) in [5, 5.41) is 0. The normalized spacial score (nSPS) is 9.92. The maximum absolute atomic E-state index is 11.7. The first-order valence-corrected chi connectivity index (χ1v) is 7.49. The molecular weight excluding hydrogens is 308 g/mol. The second-order valence-corrected chi connectivity index (χ2v) is 5.35. The van der Waals surface area contributed by atoms with E-state index in [4.69, 9.17) is 9.47 Å². The number of hydrazine groups is 1. The summed E-state index contributed by atoms with van der Waals surface area (Å²) in [5.74, 6) is 0.125. The average molecular weight is 328 g/mol. The van der Waals surface area contributed by atoms with Crippen molar-refractivity contribution in [3.8, 4) is 5.75 Å². The zero-order chi connectivity index (χ0) is 17.4. The number of carbonyl (C=O) groups is 2. The Morgan fingerprint density at radius 1 is 0.958 bits per heavy atom. The van der Waals surface area contributed by atoms with Crippen molar-refractivity contribution in [2.45, 2.75) is 20.5 Å². The molecule has 0 aliphatic rings. The van der Waals surface area contributed by atoms with Crippen molar-refractivity contribution >= 4 is 12.0 Å². The van der Waals surface area contributed by atoms with E-state index in [2.05, 4.69) is 10.9 Å². The Bertz CT molecular complexity index is 681. The first kappa shape index (κ1) is 17.3. The van der Waals surface area contributed by atoms with Gasteiger partial charge in [-0.25, -0.2) is 10.2 Å². The predicted molar refractivity (Wildman–Crippen MR) is 89.3 cm³/mol. The largest absolute Gasteiger partial charge is 0.484 e. The highest BCUT2D eigenvalue weighted by molar-refractivity contribution is 5.80. The van der Waals surface area contributed by atoms with Gasteiger partial charge in [-0.15, -0.1) is 0 Å². The number of aryl methyl sites for hydroxylation is 2. The third-order valence-corrected chi connectivity index (χ3v) is 3.08.